The minimum Gasteiger partial charge on any atom is -0.296 e. The molecular formula is C16H16N4O2S. The van der Waals surface area contributed by atoms with Gasteiger partial charge in [-0.3, -0.25) is 14.9 Å². The van der Waals surface area contributed by atoms with Gasteiger partial charge in [0.1, 0.15) is 0 Å². The monoisotopic (exact) mass is 328 g/mol. The molecule has 3 rings (SSSR count). The highest BCUT2D eigenvalue weighted by atomic mass is 32.1. The number of rotatable bonds is 3. The van der Waals surface area contributed by atoms with Gasteiger partial charge in [0.05, 0.1) is 11.4 Å². The fourth-order valence-corrected chi connectivity index (χ4v) is 2.95. The smallest absolute Gasteiger partial charge is 0.278 e. The topological polar surface area (TPSA) is 76.9 Å². The summed E-state index contributed by atoms with van der Waals surface area (Å²) in [6.07, 6.45) is 1.70. The highest BCUT2D eigenvalue weighted by Crippen LogP contribution is 2.19. The molecule has 1 amide bonds. The van der Waals surface area contributed by atoms with E-state index in [0.717, 1.165) is 4.88 Å². The van der Waals surface area contributed by atoms with E-state index in [-0.39, 0.29) is 23.2 Å². The van der Waals surface area contributed by atoms with Crippen LogP contribution in [0.1, 0.15) is 35.3 Å². The van der Waals surface area contributed by atoms with Gasteiger partial charge in [-0.05, 0) is 26.8 Å². The van der Waals surface area contributed by atoms with E-state index in [1.807, 2.05) is 20.8 Å². The number of nitrogens with zero attached hydrogens (tertiary/aromatic N) is 3. The van der Waals surface area contributed by atoms with E-state index in [4.69, 9.17) is 0 Å². The van der Waals surface area contributed by atoms with Crippen molar-refractivity contribution in [3.8, 4) is 0 Å². The number of hydrogen-bond acceptors (Lipinski definition) is 5. The van der Waals surface area contributed by atoms with Gasteiger partial charge >= 0.3 is 0 Å². The van der Waals surface area contributed by atoms with Crippen LogP contribution in [0.25, 0.3) is 10.8 Å². The van der Waals surface area contributed by atoms with Gasteiger partial charge in [-0.1, -0.05) is 18.2 Å². The lowest BCUT2D eigenvalue weighted by atomic mass is 10.1. The van der Waals surface area contributed by atoms with Crippen LogP contribution in [0.5, 0.6) is 0 Å². The van der Waals surface area contributed by atoms with Gasteiger partial charge < -0.3 is 0 Å². The normalized spacial score (nSPS) is 11.1. The molecule has 3 aromatic rings. The highest BCUT2D eigenvalue weighted by molar-refractivity contribution is 7.15. The molecule has 0 saturated heterocycles. The van der Waals surface area contributed by atoms with E-state index in [2.05, 4.69) is 15.4 Å². The van der Waals surface area contributed by atoms with Crippen LogP contribution >= 0.6 is 11.3 Å². The zero-order valence-corrected chi connectivity index (χ0v) is 13.8. The number of carbonyl (C=O) groups excluding carboxylic acids is 1. The Hall–Kier alpha value is -2.54. The number of aryl methyl sites for hydroxylation is 1. The van der Waals surface area contributed by atoms with Gasteiger partial charge in [-0.2, -0.15) is 5.10 Å². The maximum absolute atomic E-state index is 12.6. The predicted molar refractivity (Wildman–Crippen MR) is 91.2 cm³/mol. The second-order valence-corrected chi connectivity index (χ2v) is 6.70. The van der Waals surface area contributed by atoms with Crippen LogP contribution in [0.15, 0.2) is 35.3 Å². The fourth-order valence-electron chi connectivity index (χ4n) is 2.29. The van der Waals surface area contributed by atoms with Crippen molar-refractivity contribution >= 4 is 33.1 Å². The zero-order chi connectivity index (χ0) is 16.6. The van der Waals surface area contributed by atoms with Crippen LogP contribution in [0.4, 0.5) is 5.13 Å². The third-order valence-corrected chi connectivity index (χ3v) is 4.20. The fraction of sp³-hybridized carbons (Fsp3) is 0.250. The molecule has 0 aliphatic rings. The van der Waals surface area contributed by atoms with Crippen LogP contribution in [-0.4, -0.2) is 20.7 Å². The molecule has 2 aromatic heterocycles. The molecule has 0 spiro atoms. The van der Waals surface area contributed by atoms with Crippen molar-refractivity contribution in [1.82, 2.24) is 14.8 Å². The number of hydrogen-bond donors (Lipinski definition) is 1. The Labute approximate surface area is 136 Å². The summed E-state index contributed by atoms with van der Waals surface area (Å²) in [7, 11) is 0. The van der Waals surface area contributed by atoms with Crippen LogP contribution in [0.2, 0.25) is 0 Å². The molecule has 0 saturated carbocycles. The van der Waals surface area contributed by atoms with E-state index >= 15 is 0 Å². The molecule has 0 radical (unpaired) electrons. The molecule has 6 nitrogen and oxygen atoms in total. The van der Waals surface area contributed by atoms with E-state index in [9.17, 15) is 9.59 Å². The summed E-state index contributed by atoms with van der Waals surface area (Å²) in [6.45, 7) is 5.63. The first-order valence-electron chi connectivity index (χ1n) is 7.22. The van der Waals surface area contributed by atoms with Gasteiger partial charge in [-0.25, -0.2) is 9.67 Å². The van der Waals surface area contributed by atoms with E-state index in [1.54, 1.807) is 30.5 Å². The zero-order valence-electron chi connectivity index (χ0n) is 13.0. The quantitative estimate of drug-likeness (QED) is 0.802. The van der Waals surface area contributed by atoms with Crippen molar-refractivity contribution in [2.45, 2.75) is 26.8 Å². The Kier molecular flexibility index (Phi) is 3.96. The summed E-state index contributed by atoms with van der Waals surface area (Å²) < 4.78 is 1.34. The number of carbonyl (C=O) groups is 1. The minimum atomic E-state index is -0.370. The van der Waals surface area contributed by atoms with Crippen molar-refractivity contribution in [3.05, 3.63) is 51.4 Å². The Morgan fingerprint density at radius 1 is 1.26 bits per heavy atom. The average Bonchev–Trinajstić information content (AvgIpc) is 2.92. The first-order chi connectivity index (χ1) is 11.0. The van der Waals surface area contributed by atoms with Crippen LogP contribution in [-0.2, 0) is 0 Å². The summed E-state index contributed by atoms with van der Waals surface area (Å²) in [6, 6.07) is 6.87. The summed E-state index contributed by atoms with van der Waals surface area (Å²) >= 11 is 1.39. The molecule has 118 valence electrons. The molecule has 0 aliphatic carbocycles. The van der Waals surface area contributed by atoms with Crippen LogP contribution < -0.4 is 10.9 Å². The number of benzene rings is 1. The molecular weight excluding hydrogens is 312 g/mol. The lowest BCUT2D eigenvalue weighted by Gasteiger charge is -2.12. The predicted octanol–water partition coefficient (Wildman–Crippen LogP) is 2.99. The van der Waals surface area contributed by atoms with Gasteiger partial charge in [0.2, 0.25) is 0 Å². The molecule has 23 heavy (non-hydrogen) atoms. The second kappa shape index (κ2) is 5.92. The van der Waals surface area contributed by atoms with Crippen molar-refractivity contribution in [3.63, 3.8) is 0 Å². The molecule has 7 heteroatoms. The third-order valence-electron chi connectivity index (χ3n) is 3.37. The largest absolute Gasteiger partial charge is 0.296 e. The van der Waals surface area contributed by atoms with Gasteiger partial charge in [0.15, 0.2) is 10.8 Å². The SMILES string of the molecule is Cc1cnc(NC(=O)c2nn(C(C)C)c(=O)c3ccccc23)s1. The summed E-state index contributed by atoms with van der Waals surface area (Å²) in [5.41, 5.74) is 0.0268. The minimum absolute atomic E-state index is 0.138. The number of thiazole rings is 1. The Morgan fingerprint density at radius 3 is 2.57 bits per heavy atom. The third kappa shape index (κ3) is 2.87. The Bertz CT molecular complexity index is 943. The van der Waals surface area contributed by atoms with Crippen LogP contribution in [0, 0.1) is 6.92 Å². The van der Waals surface area contributed by atoms with Crippen molar-refractivity contribution in [2.75, 3.05) is 5.32 Å². The molecule has 0 fully saturated rings. The number of fused-ring (bicyclic) bond motifs is 1. The molecule has 0 bridgehead atoms. The summed E-state index contributed by atoms with van der Waals surface area (Å²) in [5.74, 6) is -0.370. The second-order valence-electron chi connectivity index (χ2n) is 5.47. The van der Waals surface area contributed by atoms with Crippen molar-refractivity contribution < 1.29 is 4.79 Å². The van der Waals surface area contributed by atoms with Crippen molar-refractivity contribution in [1.29, 1.82) is 0 Å². The van der Waals surface area contributed by atoms with E-state index in [1.165, 1.54) is 16.0 Å². The van der Waals surface area contributed by atoms with Crippen molar-refractivity contribution in [2.24, 2.45) is 0 Å². The summed E-state index contributed by atoms with van der Waals surface area (Å²) in [4.78, 5) is 30.2. The van der Waals surface area contributed by atoms with Gasteiger partial charge in [0.25, 0.3) is 11.5 Å². The van der Waals surface area contributed by atoms with Gasteiger partial charge in [-0.15, -0.1) is 11.3 Å². The Morgan fingerprint density at radius 2 is 1.96 bits per heavy atom. The van der Waals surface area contributed by atoms with E-state index < -0.39 is 0 Å². The maximum Gasteiger partial charge on any atom is 0.278 e. The molecule has 0 aliphatic heterocycles. The lowest BCUT2D eigenvalue weighted by Crippen LogP contribution is -2.28. The lowest BCUT2D eigenvalue weighted by molar-refractivity contribution is 0.102. The van der Waals surface area contributed by atoms with Gasteiger partial charge in [0, 0.05) is 16.5 Å². The molecule has 1 N–H and O–H groups in total. The molecule has 2 heterocycles. The number of amides is 1. The summed E-state index contributed by atoms with van der Waals surface area (Å²) in [5, 5.41) is 8.56. The first kappa shape index (κ1) is 15.4. The molecule has 1 aromatic carbocycles. The first-order valence-corrected chi connectivity index (χ1v) is 8.04. The van der Waals surface area contributed by atoms with E-state index in [0.29, 0.717) is 15.9 Å². The number of nitrogens with one attached hydrogen (secondary N) is 1. The number of aromatic nitrogens is 3. The Balaban J connectivity index is 2.14. The molecule has 0 atom stereocenters. The average molecular weight is 328 g/mol. The maximum atomic E-state index is 12.6. The highest BCUT2D eigenvalue weighted by Gasteiger charge is 2.18. The number of anilines is 1. The molecule has 0 unspecified atom stereocenters. The van der Waals surface area contributed by atoms with Crippen LogP contribution in [0.3, 0.4) is 0 Å². The standard InChI is InChI=1S/C16H16N4O2S/c1-9(2)20-15(22)12-7-5-4-6-11(12)13(19-20)14(21)18-16-17-8-10(3)23-16/h4-9H,1-3H3,(H,17,18,21).